The normalized spacial score (nSPS) is 13.5. The number of anilines is 1. The zero-order chi connectivity index (χ0) is 14.8. The minimum Gasteiger partial charge on any atom is -0.482 e. The van der Waals surface area contributed by atoms with Crippen LogP contribution in [0.2, 0.25) is 0 Å². The summed E-state index contributed by atoms with van der Waals surface area (Å²) in [5.41, 5.74) is 1.60. The monoisotopic (exact) mass is 283 g/mol. The van der Waals surface area contributed by atoms with E-state index in [2.05, 4.69) is 0 Å². The Balaban J connectivity index is 1.99. The van der Waals surface area contributed by atoms with Crippen LogP contribution in [0.15, 0.2) is 48.5 Å². The van der Waals surface area contributed by atoms with E-state index >= 15 is 0 Å². The smallest absolute Gasteiger partial charge is 0.335 e. The number of amides is 1. The fraction of sp³-hybridized carbons (Fsp3) is 0.125. The van der Waals surface area contributed by atoms with E-state index in [9.17, 15) is 9.59 Å². The molecule has 0 fully saturated rings. The summed E-state index contributed by atoms with van der Waals surface area (Å²) in [6, 6.07) is 14.1. The van der Waals surface area contributed by atoms with Crippen LogP contribution in [-0.4, -0.2) is 23.6 Å². The Bertz CT molecular complexity index is 697. The molecule has 0 aromatic heterocycles. The molecular formula is C16H13NO4. The average Bonchev–Trinajstić information content (AvgIpc) is 2.50. The first-order valence-corrected chi connectivity index (χ1v) is 6.49. The number of ether oxygens (including phenoxy) is 1. The standard InChI is InChI=1S/C16H13NO4/c18-15-10-21-14-7-6-12(16(19)20)8-13(14)17(15)9-11-4-2-1-3-5-11/h1-8H,9-10H2,(H,19,20). The molecule has 0 spiro atoms. The number of carboxylic acids is 1. The number of nitrogens with zero attached hydrogens (tertiary/aromatic N) is 1. The van der Waals surface area contributed by atoms with Gasteiger partial charge in [0.2, 0.25) is 0 Å². The summed E-state index contributed by atoms with van der Waals surface area (Å²) in [6.45, 7) is 0.353. The van der Waals surface area contributed by atoms with Crippen molar-refractivity contribution in [3.63, 3.8) is 0 Å². The van der Waals surface area contributed by atoms with Gasteiger partial charge in [-0.2, -0.15) is 0 Å². The molecule has 0 saturated carbocycles. The van der Waals surface area contributed by atoms with E-state index in [0.29, 0.717) is 18.0 Å². The lowest BCUT2D eigenvalue weighted by molar-refractivity contribution is -0.121. The molecule has 5 heteroatoms. The Kier molecular flexibility index (Phi) is 3.31. The van der Waals surface area contributed by atoms with Crippen LogP contribution >= 0.6 is 0 Å². The Hall–Kier alpha value is -2.82. The van der Waals surface area contributed by atoms with Gasteiger partial charge in [0.05, 0.1) is 17.8 Å². The number of hydrogen-bond acceptors (Lipinski definition) is 3. The molecule has 1 heterocycles. The van der Waals surface area contributed by atoms with Crippen molar-refractivity contribution in [3.8, 4) is 5.75 Å². The highest BCUT2D eigenvalue weighted by Crippen LogP contribution is 2.34. The molecule has 5 nitrogen and oxygen atoms in total. The van der Waals surface area contributed by atoms with E-state index in [1.165, 1.54) is 12.1 Å². The first kappa shape index (κ1) is 13.2. The molecule has 0 unspecified atom stereocenters. The van der Waals surface area contributed by atoms with Crippen molar-refractivity contribution in [2.45, 2.75) is 6.54 Å². The van der Waals surface area contributed by atoms with E-state index < -0.39 is 5.97 Å². The molecule has 2 aromatic carbocycles. The van der Waals surface area contributed by atoms with Crippen LogP contribution < -0.4 is 9.64 Å². The van der Waals surface area contributed by atoms with Gasteiger partial charge in [-0.25, -0.2) is 4.79 Å². The zero-order valence-corrected chi connectivity index (χ0v) is 11.2. The van der Waals surface area contributed by atoms with Crippen molar-refractivity contribution < 1.29 is 19.4 Å². The molecule has 1 aliphatic rings. The molecule has 21 heavy (non-hydrogen) atoms. The molecule has 1 amide bonds. The maximum absolute atomic E-state index is 12.1. The minimum absolute atomic E-state index is 0.0355. The van der Waals surface area contributed by atoms with Gasteiger partial charge in [-0.1, -0.05) is 30.3 Å². The second-order valence-electron chi connectivity index (χ2n) is 4.74. The average molecular weight is 283 g/mol. The lowest BCUT2D eigenvalue weighted by Crippen LogP contribution is -2.38. The fourth-order valence-electron chi connectivity index (χ4n) is 2.27. The maximum Gasteiger partial charge on any atom is 0.335 e. The summed E-state index contributed by atoms with van der Waals surface area (Å²) in [5.74, 6) is -0.695. The van der Waals surface area contributed by atoms with E-state index in [1.54, 1.807) is 11.0 Å². The molecule has 0 radical (unpaired) electrons. The highest BCUT2D eigenvalue weighted by Gasteiger charge is 2.26. The van der Waals surface area contributed by atoms with Gasteiger partial charge in [0.1, 0.15) is 5.75 Å². The van der Waals surface area contributed by atoms with Crippen molar-refractivity contribution in [3.05, 3.63) is 59.7 Å². The molecule has 106 valence electrons. The Morgan fingerprint density at radius 2 is 1.95 bits per heavy atom. The van der Waals surface area contributed by atoms with Gasteiger partial charge in [-0.15, -0.1) is 0 Å². The molecule has 0 bridgehead atoms. The van der Waals surface area contributed by atoms with Crippen LogP contribution in [0.25, 0.3) is 0 Å². The van der Waals surface area contributed by atoms with Crippen LogP contribution in [0.4, 0.5) is 5.69 Å². The fourth-order valence-corrected chi connectivity index (χ4v) is 2.27. The zero-order valence-electron chi connectivity index (χ0n) is 11.2. The number of carbonyl (C=O) groups excluding carboxylic acids is 1. The SMILES string of the molecule is O=C(O)c1ccc2c(c1)N(Cc1ccccc1)C(=O)CO2. The van der Waals surface area contributed by atoms with Gasteiger partial charge in [0.25, 0.3) is 5.91 Å². The van der Waals surface area contributed by atoms with Crippen molar-refractivity contribution in [2.75, 3.05) is 11.5 Å². The first-order valence-electron chi connectivity index (χ1n) is 6.49. The molecule has 1 aliphatic heterocycles. The summed E-state index contributed by atoms with van der Waals surface area (Å²) >= 11 is 0. The number of hydrogen-bond donors (Lipinski definition) is 1. The molecule has 1 N–H and O–H groups in total. The Labute approximate surface area is 121 Å². The summed E-state index contributed by atoms with van der Waals surface area (Å²) in [6.07, 6.45) is 0. The molecule has 2 aromatic rings. The number of carboxylic acid groups (broad SMARTS) is 1. The summed E-state index contributed by atoms with van der Waals surface area (Å²) in [7, 11) is 0. The van der Waals surface area contributed by atoms with Crippen LogP contribution in [0.5, 0.6) is 5.75 Å². The van der Waals surface area contributed by atoms with Crippen LogP contribution in [-0.2, 0) is 11.3 Å². The molecule has 0 atom stereocenters. The van der Waals surface area contributed by atoms with Gasteiger partial charge >= 0.3 is 5.97 Å². The number of fused-ring (bicyclic) bond motifs is 1. The predicted octanol–water partition coefficient (Wildman–Crippen LogP) is 2.31. The van der Waals surface area contributed by atoms with Crippen molar-refractivity contribution in [1.82, 2.24) is 0 Å². The quantitative estimate of drug-likeness (QED) is 0.938. The first-order chi connectivity index (χ1) is 10.1. The van der Waals surface area contributed by atoms with Crippen molar-refractivity contribution in [2.24, 2.45) is 0 Å². The summed E-state index contributed by atoms with van der Waals surface area (Å²) in [5, 5.41) is 9.08. The van der Waals surface area contributed by atoms with Gasteiger partial charge in [-0.3, -0.25) is 4.79 Å². The van der Waals surface area contributed by atoms with Gasteiger partial charge < -0.3 is 14.7 Å². The van der Waals surface area contributed by atoms with Gasteiger partial charge in [0.15, 0.2) is 6.61 Å². The Morgan fingerprint density at radius 3 is 2.67 bits per heavy atom. The number of carbonyl (C=O) groups is 2. The number of benzene rings is 2. The van der Waals surface area contributed by atoms with Crippen LogP contribution in [0, 0.1) is 0 Å². The van der Waals surface area contributed by atoms with Gasteiger partial charge in [0, 0.05) is 0 Å². The summed E-state index contributed by atoms with van der Waals surface area (Å²) < 4.78 is 5.35. The Morgan fingerprint density at radius 1 is 1.19 bits per heavy atom. The highest BCUT2D eigenvalue weighted by molar-refractivity contribution is 5.99. The molecular weight excluding hydrogens is 270 g/mol. The molecule has 0 saturated heterocycles. The number of aromatic carboxylic acids is 1. The minimum atomic E-state index is -1.03. The van der Waals surface area contributed by atoms with E-state index in [1.807, 2.05) is 30.3 Å². The molecule has 3 rings (SSSR count). The third kappa shape index (κ3) is 2.58. The molecule has 0 aliphatic carbocycles. The van der Waals surface area contributed by atoms with Crippen LogP contribution in [0.3, 0.4) is 0 Å². The highest BCUT2D eigenvalue weighted by atomic mass is 16.5. The van der Waals surface area contributed by atoms with E-state index in [4.69, 9.17) is 9.84 Å². The van der Waals surface area contributed by atoms with E-state index in [0.717, 1.165) is 5.56 Å². The van der Waals surface area contributed by atoms with Crippen molar-refractivity contribution in [1.29, 1.82) is 0 Å². The third-order valence-corrected chi connectivity index (χ3v) is 3.33. The second-order valence-corrected chi connectivity index (χ2v) is 4.74. The predicted molar refractivity (Wildman–Crippen MR) is 76.5 cm³/mol. The summed E-state index contributed by atoms with van der Waals surface area (Å²) in [4.78, 5) is 24.7. The largest absolute Gasteiger partial charge is 0.482 e. The van der Waals surface area contributed by atoms with Crippen LogP contribution in [0.1, 0.15) is 15.9 Å². The lowest BCUT2D eigenvalue weighted by atomic mass is 10.1. The topological polar surface area (TPSA) is 66.8 Å². The van der Waals surface area contributed by atoms with E-state index in [-0.39, 0.29) is 18.1 Å². The maximum atomic E-state index is 12.1. The van der Waals surface area contributed by atoms with Crippen molar-refractivity contribution >= 4 is 17.6 Å². The van der Waals surface area contributed by atoms with Gasteiger partial charge in [-0.05, 0) is 23.8 Å². The number of rotatable bonds is 3. The third-order valence-electron chi connectivity index (χ3n) is 3.33. The second kappa shape index (κ2) is 5.28. The lowest BCUT2D eigenvalue weighted by Gasteiger charge is -2.29.